The van der Waals surface area contributed by atoms with E-state index in [0.29, 0.717) is 22.3 Å². The van der Waals surface area contributed by atoms with Crippen LogP contribution in [-0.2, 0) is 0 Å². The molecule has 16 heavy (non-hydrogen) atoms. The zero-order chi connectivity index (χ0) is 11.7. The van der Waals surface area contributed by atoms with Gasteiger partial charge in [0.2, 0.25) is 0 Å². The lowest BCUT2D eigenvalue weighted by molar-refractivity contribution is 0.247. The van der Waals surface area contributed by atoms with Crippen molar-refractivity contribution in [3.05, 3.63) is 27.7 Å². The Morgan fingerprint density at radius 1 is 1.38 bits per heavy atom. The third kappa shape index (κ3) is 1.90. The van der Waals surface area contributed by atoms with Crippen molar-refractivity contribution in [3.8, 4) is 5.75 Å². The molecule has 2 N–H and O–H groups in total. The minimum absolute atomic E-state index is 0.150. The fourth-order valence-electron chi connectivity index (χ4n) is 1.62. The Morgan fingerprint density at radius 3 is 2.69 bits per heavy atom. The van der Waals surface area contributed by atoms with Crippen LogP contribution in [0.4, 0.5) is 4.79 Å². The molecule has 4 nitrogen and oxygen atoms in total. The second-order valence-electron chi connectivity index (χ2n) is 3.39. The van der Waals surface area contributed by atoms with Crippen molar-refractivity contribution in [2.45, 2.75) is 6.04 Å². The second kappa shape index (κ2) is 4.39. The molecule has 86 valence electrons. The summed E-state index contributed by atoms with van der Waals surface area (Å²) in [4.78, 5) is 11.0. The summed E-state index contributed by atoms with van der Waals surface area (Å²) in [6, 6.07) is 3.18. The molecule has 2 rings (SSSR count). The van der Waals surface area contributed by atoms with Crippen molar-refractivity contribution in [1.82, 2.24) is 10.6 Å². The lowest BCUT2D eigenvalue weighted by Gasteiger charge is -2.13. The number of hydrogen-bond acceptors (Lipinski definition) is 2. The SMILES string of the molecule is COc1ccc(C2CNC(=O)N2)c(Cl)c1Cl. The van der Waals surface area contributed by atoms with E-state index in [2.05, 4.69) is 10.6 Å². The molecule has 0 bridgehead atoms. The van der Waals surface area contributed by atoms with Gasteiger partial charge in [-0.05, 0) is 11.6 Å². The van der Waals surface area contributed by atoms with Crippen LogP contribution in [0.5, 0.6) is 5.75 Å². The maximum absolute atomic E-state index is 11.0. The van der Waals surface area contributed by atoms with Crippen LogP contribution in [0.1, 0.15) is 11.6 Å². The first-order chi connectivity index (χ1) is 7.63. The van der Waals surface area contributed by atoms with Crippen LogP contribution in [0.2, 0.25) is 10.0 Å². The molecule has 0 radical (unpaired) electrons. The molecule has 1 aromatic rings. The number of methoxy groups -OCH3 is 1. The maximum atomic E-state index is 11.0. The van der Waals surface area contributed by atoms with E-state index in [1.54, 1.807) is 12.1 Å². The number of hydrogen-bond donors (Lipinski definition) is 2. The normalized spacial score (nSPS) is 19.2. The monoisotopic (exact) mass is 260 g/mol. The van der Waals surface area contributed by atoms with Crippen LogP contribution in [0, 0.1) is 0 Å². The second-order valence-corrected chi connectivity index (χ2v) is 4.15. The molecule has 1 aliphatic rings. The van der Waals surface area contributed by atoms with E-state index in [4.69, 9.17) is 27.9 Å². The van der Waals surface area contributed by atoms with Crippen LogP contribution in [-0.4, -0.2) is 19.7 Å². The topological polar surface area (TPSA) is 50.4 Å². The molecule has 1 saturated heterocycles. The third-order valence-electron chi connectivity index (χ3n) is 2.44. The Balaban J connectivity index is 2.35. The molecule has 1 heterocycles. The predicted octanol–water partition coefficient (Wildman–Crippen LogP) is 2.36. The van der Waals surface area contributed by atoms with E-state index in [0.717, 1.165) is 5.56 Å². The number of halogens is 2. The number of rotatable bonds is 2. The van der Waals surface area contributed by atoms with Crippen molar-refractivity contribution in [2.24, 2.45) is 0 Å². The molecule has 1 aliphatic heterocycles. The molecule has 0 aliphatic carbocycles. The van der Waals surface area contributed by atoms with Crippen molar-refractivity contribution < 1.29 is 9.53 Å². The highest BCUT2D eigenvalue weighted by Gasteiger charge is 2.25. The lowest BCUT2D eigenvalue weighted by atomic mass is 10.1. The first kappa shape index (κ1) is 11.4. The van der Waals surface area contributed by atoms with E-state index in [9.17, 15) is 4.79 Å². The van der Waals surface area contributed by atoms with Crippen LogP contribution in [0.25, 0.3) is 0 Å². The van der Waals surface area contributed by atoms with Crippen LogP contribution < -0.4 is 15.4 Å². The van der Waals surface area contributed by atoms with E-state index in [1.807, 2.05) is 0 Å². The smallest absolute Gasteiger partial charge is 0.315 e. The standard InChI is InChI=1S/C10H10Cl2N2O2/c1-16-7-3-2-5(8(11)9(7)12)6-4-13-10(15)14-6/h2-3,6H,4H2,1H3,(H2,13,14,15). The Bertz CT molecular complexity index is 437. The molecule has 1 fully saturated rings. The lowest BCUT2D eigenvalue weighted by Crippen LogP contribution is -2.21. The van der Waals surface area contributed by atoms with E-state index >= 15 is 0 Å². The fourth-order valence-corrected chi connectivity index (χ4v) is 2.15. The summed E-state index contributed by atoms with van der Waals surface area (Å²) >= 11 is 12.1. The summed E-state index contributed by atoms with van der Waals surface area (Å²) in [5, 5.41) is 6.18. The molecule has 2 amide bonds. The number of urea groups is 1. The highest BCUT2D eigenvalue weighted by molar-refractivity contribution is 6.43. The highest BCUT2D eigenvalue weighted by Crippen LogP contribution is 2.37. The molecule has 6 heteroatoms. The Morgan fingerprint density at radius 2 is 2.12 bits per heavy atom. The van der Waals surface area contributed by atoms with Crippen molar-refractivity contribution >= 4 is 29.2 Å². The van der Waals surface area contributed by atoms with Gasteiger partial charge in [-0.15, -0.1) is 0 Å². The van der Waals surface area contributed by atoms with Gasteiger partial charge in [-0.25, -0.2) is 4.79 Å². The van der Waals surface area contributed by atoms with Gasteiger partial charge in [0.15, 0.2) is 0 Å². The van der Waals surface area contributed by atoms with Gasteiger partial charge in [0.05, 0.1) is 18.2 Å². The number of carbonyl (C=O) groups is 1. The van der Waals surface area contributed by atoms with Gasteiger partial charge in [0.1, 0.15) is 10.8 Å². The Kier molecular flexibility index (Phi) is 3.12. The minimum atomic E-state index is -0.201. The van der Waals surface area contributed by atoms with Gasteiger partial charge in [0.25, 0.3) is 0 Å². The molecule has 0 saturated carbocycles. The van der Waals surface area contributed by atoms with Crippen molar-refractivity contribution in [2.75, 3.05) is 13.7 Å². The molecule has 1 unspecified atom stereocenters. The van der Waals surface area contributed by atoms with E-state index in [1.165, 1.54) is 7.11 Å². The minimum Gasteiger partial charge on any atom is -0.495 e. The molecular weight excluding hydrogens is 251 g/mol. The Hall–Kier alpha value is -1.13. The summed E-state index contributed by atoms with van der Waals surface area (Å²) < 4.78 is 5.05. The summed E-state index contributed by atoms with van der Waals surface area (Å²) in [5.41, 5.74) is 0.783. The number of carbonyl (C=O) groups excluding carboxylic acids is 1. The molecule has 1 aromatic carbocycles. The molecule has 0 aromatic heterocycles. The van der Waals surface area contributed by atoms with Gasteiger partial charge in [-0.3, -0.25) is 0 Å². The summed E-state index contributed by atoms with van der Waals surface area (Å²) in [7, 11) is 1.52. The molecule has 0 spiro atoms. The summed E-state index contributed by atoms with van der Waals surface area (Å²) in [6.07, 6.45) is 0. The third-order valence-corrected chi connectivity index (χ3v) is 3.32. The van der Waals surface area contributed by atoms with Gasteiger partial charge < -0.3 is 15.4 Å². The number of ether oxygens (including phenoxy) is 1. The van der Waals surface area contributed by atoms with Crippen LogP contribution >= 0.6 is 23.2 Å². The van der Waals surface area contributed by atoms with E-state index in [-0.39, 0.29) is 12.1 Å². The predicted molar refractivity (Wildman–Crippen MR) is 62.3 cm³/mol. The zero-order valence-electron chi connectivity index (χ0n) is 8.51. The number of benzene rings is 1. The summed E-state index contributed by atoms with van der Waals surface area (Å²) in [6.45, 7) is 0.501. The largest absolute Gasteiger partial charge is 0.495 e. The first-order valence-electron chi connectivity index (χ1n) is 4.69. The highest BCUT2D eigenvalue weighted by atomic mass is 35.5. The average Bonchev–Trinajstić information content (AvgIpc) is 2.69. The van der Waals surface area contributed by atoms with E-state index < -0.39 is 0 Å². The van der Waals surface area contributed by atoms with Crippen molar-refractivity contribution in [3.63, 3.8) is 0 Å². The van der Waals surface area contributed by atoms with Gasteiger partial charge in [-0.2, -0.15) is 0 Å². The van der Waals surface area contributed by atoms with Gasteiger partial charge in [0, 0.05) is 6.54 Å². The van der Waals surface area contributed by atoms with Gasteiger partial charge >= 0.3 is 6.03 Å². The fraction of sp³-hybridized carbons (Fsp3) is 0.300. The Labute approximate surface area is 103 Å². The summed E-state index contributed by atoms with van der Waals surface area (Å²) in [5.74, 6) is 0.521. The average molecular weight is 261 g/mol. The molecule has 1 atom stereocenters. The van der Waals surface area contributed by atoms with Gasteiger partial charge in [-0.1, -0.05) is 29.3 Å². The first-order valence-corrected chi connectivity index (χ1v) is 5.45. The molecular formula is C10H10Cl2N2O2. The van der Waals surface area contributed by atoms with Crippen LogP contribution in [0.15, 0.2) is 12.1 Å². The quantitative estimate of drug-likeness (QED) is 0.858. The van der Waals surface area contributed by atoms with Crippen molar-refractivity contribution in [1.29, 1.82) is 0 Å². The number of amides is 2. The van der Waals surface area contributed by atoms with Crippen LogP contribution in [0.3, 0.4) is 0 Å². The maximum Gasteiger partial charge on any atom is 0.315 e. The number of nitrogens with one attached hydrogen (secondary N) is 2. The zero-order valence-corrected chi connectivity index (χ0v) is 10.0.